The number of amides is 1. The Balaban J connectivity index is 1.71. The standard InChI is InChI=1S/C23H32N4O/c1-4-20-9-7-8-16-27(20)22-17-18(14-15-24-22)23(28)25-19-10-12-21(13-11-19)26(5-2)6-3/h10-15,17,20H,4-9,16H2,1-3H3,(H,25,28). The van der Waals surface area contributed by atoms with Gasteiger partial charge >= 0.3 is 0 Å². The van der Waals surface area contributed by atoms with Gasteiger partial charge in [0.15, 0.2) is 0 Å². The van der Waals surface area contributed by atoms with E-state index in [1.165, 1.54) is 24.9 Å². The molecule has 1 unspecified atom stereocenters. The van der Waals surface area contributed by atoms with Crippen molar-refractivity contribution < 1.29 is 4.79 Å². The number of carbonyl (C=O) groups is 1. The summed E-state index contributed by atoms with van der Waals surface area (Å²) < 4.78 is 0. The Labute approximate surface area is 168 Å². The first-order chi connectivity index (χ1) is 13.7. The van der Waals surface area contributed by atoms with Gasteiger partial charge in [-0.2, -0.15) is 0 Å². The first-order valence-electron chi connectivity index (χ1n) is 10.5. The van der Waals surface area contributed by atoms with Gasteiger partial charge in [-0.25, -0.2) is 4.98 Å². The number of anilines is 3. The topological polar surface area (TPSA) is 48.5 Å². The van der Waals surface area contributed by atoms with E-state index in [9.17, 15) is 4.79 Å². The number of rotatable bonds is 7. The van der Waals surface area contributed by atoms with Gasteiger partial charge in [-0.05, 0) is 75.9 Å². The highest BCUT2D eigenvalue weighted by Gasteiger charge is 2.22. The Hall–Kier alpha value is -2.56. The monoisotopic (exact) mass is 380 g/mol. The lowest BCUT2D eigenvalue weighted by atomic mass is 10.00. The van der Waals surface area contributed by atoms with Crippen molar-refractivity contribution in [3.05, 3.63) is 48.2 Å². The van der Waals surface area contributed by atoms with Crippen LogP contribution in [0.5, 0.6) is 0 Å². The van der Waals surface area contributed by atoms with Crippen molar-refractivity contribution in [1.82, 2.24) is 4.98 Å². The van der Waals surface area contributed by atoms with Crippen LogP contribution >= 0.6 is 0 Å². The molecule has 1 aromatic carbocycles. The highest BCUT2D eigenvalue weighted by molar-refractivity contribution is 6.04. The van der Waals surface area contributed by atoms with E-state index in [0.29, 0.717) is 11.6 Å². The van der Waals surface area contributed by atoms with E-state index in [0.717, 1.165) is 37.6 Å². The molecule has 0 saturated carbocycles. The van der Waals surface area contributed by atoms with Crippen molar-refractivity contribution in [3.63, 3.8) is 0 Å². The summed E-state index contributed by atoms with van der Waals surface area (Å²) in [6.45, 7) is 9.47. The highest BCUT2D eigenvalue weighted by atomic mass is 16.1. The lowest BCUT2D eigenvalue weighted by Crippen LogP contribution is -2.39. The summed E-state index contributed by atoms with van der Waals surface area (Å²) in [7, 11) is 0. The van der Waals surface area contributed by atoms with Crippen molar-refractivity contribution in [1.29, 1.82) is 0 Å². The van der Waals surface area contributed by atoms with Crippen molar-refractivity contribution in [2.75, 3.05) is 34.8 Å². The fourth-order valence-corrected chi connectivity index (χ4v) is 3.99. The minimum atomic E-state index is -0.0932. The highest BCUT2D eigenvalue weighted by Crippen LogP contribution is 2.26. The summed E-state index contributed by atoms with van der Waals surface area (Å²) >= 11 is 0. The van der Waals surface area contributed by atoms with E-state index in [-0.39, 0.29) is 5.91 Å². The number of pyridine rings is 1. The molecule has 150 valence electrons. The molecular formula is C23H32N4O. The molecule has 1 aliphatic heterocycles. The van der Waals surface area contributed by atoms with Crippen LogP contribution in [0.15, 0.2) is 42.6 Å². The fourth-order valence-electron chi connectivity index (χ4n) is 3.99. The number of nitrogens with zero attached hydrogens (tertiary/aromatic N) is 3. The Bertz CT molecular complexity index is 770. The minimum absolute atomic E-state index is 0.0932. The quantitative estimate of drug-likeness (QED) is 0.738. The minimum Gasteiger partial charge on any atom is -0.372 e. The maximum absolute atomic E-state index is 12.8. The molecule has 1 aliphatic rings. The lowest BCUT2D eigenvalue weighted by molar-refractivity contribution is 0.102. The molecule has 0 spiro atoms. The molecule has 0 aliphatic carbocycles. The smallest absolute Gasteiger partial charge is 0.255 e. The molecule has 1 aromatic heterocycles. The van der Waals surface area contributed by atoms with Gasteiger partial charge in [0, 0.05) is 48.8 Å². The summed E-state index contributed by atoms with van der Waals surface area (Å²) in [6, 6.07) is 12.3. The molecule has 1 atom stereocenters. The SMILES string of the molecule is CCC1CCCCN1c1cc(C(=O)Nc2ccc(N(CC)CC)cc2)ccn1. The molecule has 1 N–H and O–H groups in total. The number of aromatic nitrogens is 1. The Morgan fingerprint density at radius 1 is 1.14 bits per heavy atom. The zero-order valence-electron chi connectivity index (χ0n) is 17.3. The van der Waals surface area contributed by atoms with Gasteiger partial charge in [0.05, 0.1) is 0 Å². The maximum atomic E-state index is 12.8. The normalized spacial score (nSPS) is 16.7. The summed E-state index contributed by atoms with van der Waals surface area (Å²) in [5, 5.41) is 3.01. The molecule has 0 bridgehead atoms. The average molecular weight is 381 g/mol. The van der Waals surface area contributed by atoms with Crippen molar-refractivity contribution in [3.8, 4) is 0 Å². The van der Waals surface area contributed by atoms with E-state index in [4.69, 9.17) is 0 Å². The summed E-state index contributed by atoms with van der Waals surface area (Å²) in [4.78, 5) is 21.9. The fraction of sp³-hybridized carbons (Fsp3) is 0.478. The molecule has 2 aromatic rings. The van der Waals surface area contributed by atoms with Crippen molar-refractivity contribution in [2.24, 2.45) is 0 Å². The number of hydrogen-bond acceptors (Lipinski definition) is 4. The van der Waals surface area contributed by atoms with Gasteiger partial charge in [0.1, 0.15) is 5.82 Å². The summed E-state index contributed by atoms with van der Waals surface area (Å²) in [5.74, 6) is 0.820. The second kappa shape index (κ2) is 9.58. The molecule has 1 fully saturated rings. The van der Waals surface area contributed by atoms with Gasteiger partial charge in [0.25, 0.3) is 5.91 Å². The molecule has 5 heteroatoms. The zero-order valence-corrected chi connectivity index (χ0v) is 17.3. The van der Waals surface area contributed by atoms with Crippen LogP contribution in [0.4, 0.5) is 17.2 Å². The van der Waals surface area contributed by atoms with Crippen LogP contribution in [-0.4, -0.2) is 36.6 Å². The van der Waals surface area contributed by atoms with Gasteiger partial charge in [0.2, 0.25) is 0 Å². The van der Waals surface area contributed by atoms with Gasteiger partial charge in [-0.3, -0.25) is 4.79 Å². The molecular weight excluding hydrogens is 348 g/mol. The predicted molar refractivity (Wildman–Crippen MR) is 117 cm³/mol. The summed E-state index contributed by atoms with van der Waals surface area (Å²) in [6.07, 6.45) is 6.52. The molecule has 1 saturated heterocycles. The Morgan fingerprint density at radius 3 is 2.57 bits per heavy atom. The van der Waals surface area contributed by atoms with Crippen LogP contribution in [-0.2, 0) is 0 Å². The Morgan fingerprint density at radius 2 is 1.89 bits per heavy atom. The van der Waals surface area contributed by atoms with E-state index >= 15 is 0 Å². The van der Waals surface area contributed by atoms with E-state index in [2.05, 4.69) is 53.0 Å². The molecule has 2 heterocycles. The third-order valence-corrected chi connectivity index (χ3v) is 5.65. The first-order valence-corrected chi connectivity index (χ1v) is 10.5. The second-order valence-electron chi connectivity index (χ2n) is 7.33. The molecule has 28 heavy (non-hydrogen) atoms. The molecule has 0 radical (unpaired) electrons. The second-order valence-corrected chi connectivity index (χ2v) is 7.33. The van der Waals surface area contributed by atoms with Crippen molar-refractivity contribution >= 4 is 23.1 Å². The van der Waals surface area contributed by atoms with E-state index in [1.54, 1.807) is 12.3 Å². The molecule has 5 nitrogen and oxygen atoms in total. The number of nitrogens with one attached hydrogen (secondary N) is 1. The molecule has 1 amide bonds. The largest absolute Gasteiger partial charge is 0.372 e. The number of carbonyl (C=O) groups excluding carboxylic acids is 1. The maximum Gasteiger partial charge on any atom is 0.255 e. The van der Waals surface area contributed by atoms with E-state index in [1.807, 2.05) is 18.2 Å². The van der Waals surface area contributed by atoms with E-state index < -0.39 is 0 Å². The van der Waals surface area contributed by atoms with Crippen LogP contribution in [0.1, 0.15) is 56.8 Å². The predicted octanol–water partition coefficient (Wildman–Crippen LogP) is 4.95. The number of benzene rings is 1. The van der Waals surface area contributed by atoms with Crippen LogP contribution in [0, 0.1) is 0 Å². The zero-order chi connectivity index (χ0) is 19.9. The van der Waals surface area contributed by atoms with Gasteiger partial charge in [-0.15, -0.1) is 0 Å². The van der Waals surface area contributed by atoms with Crippen LogP contribution in [0.2, 0.25) is 0 Å². The number of piperidine rings is 1. The molecule has 3 rings (SSSR count). The van der Waals surface area contributed by atoms with Gasteiger partial charge in [-0.1, -0.05) is 6.92 Å². The van der Waals surface area contributed by atoms with Gasteiger partial charge < -0.3 is 15.1 Å². The lowest BCUT2D eigenvalue weighted by Gasteiger charge is -2.36. The van der Waals surface area contributed by atoms with Crippen LogP contribution < -0.4 is 15.1 Å². The number of hydrogen-bond donors (Lipinski definition) is 1. The summed E-state index contributed by atoms with van der Waals surface area (Å²) in [5.41, 5.74) is 2.63. The Kier molecular flexibility index (Phi) is 6.90. The first kappa shape index (κ1) is 20.2. The van der Waals surface area contributed by atoms with Crippen LogP contribution in [0.25, 0.3) is 0 Å². The van der Waals surface area contributed by atoms with Crippen molar-refractivity contribution in [2.45, 2.75) is 52.5 Å². The van der Waals surface area contributed by atoms with Crippen LogP contribution in [0.3, 0.4) is 0 Å². The average Bonchev–Trinajstić information content (AvgIpc) is 2.75. The third-order valence-electron chi connectivity index (χ3n) is 5.65. The third kappa shape index (κ3) is 4.64.